The van der Waals surface area contributed by atoms with Crippen molar-refractivity contribution < 1.29 is 9.50 Å². The van der Waals surface area contributed by atoms with E-state index in [9.17, 15) is 9.50 Å². The predicted molar refractivity (Wildman–Crippen MR) is 72.4 cm³/mol. The third kappa shape index (κ3) is 2.34. The van der Waals surface area contributed by atoms with Gasteiger partial charge in [0.25, 0.3) is 0 Å². The Balaban J connectivity index is 1.91. The molecule has 2 aliphatic rings. The lowest BCUT2D eigenvalue weighted by molar-refractivity contribution is 0.240. The minimum absolute atomic E-state index is 0.261. The molecule has 1 aliphatic carbocycles. The number of hydrogen-bond donors (Lipinski definition) is 1. The second-order valence-electron chi connectivity index (χ2n) is 5.71. The molecule has 1 aromatic heterocycles. The summed E-state index contributed by atoms with van der Waals surface area (Å²) >= 11 is 0. The molecule has 19 heavy (non-hydrogen) atoms. The lowest BCUT2D eigenvalue weighted by atomic mass is 9.78. The molecule has 3 rings (SSSR count). The van der Waals surface area contributed by atoms with Gasteiger partial charge in [0.2, 0.25) is 0 Å². The summed E-state index contributed by atoms with van der Waals surface area (Å²) in [7, 11) is 0. The van der Waals surface area contributed by atoms with Crippen LogP contribution in [0.15, 0.2) is 12.3 Å². The van der Waals surface area contributed by atoms with Gasteiger partial charge >= 0.3 is 0 Å². The first-order valence-electron chi connectivity index (χ1n) is 7.32. The van der Waals surface area contributed by atoms with E-state index in [4.69, 9.17) is 0 Å². The van der Waals surface area contributed by atoms with E-state index in [1.807, 2.05) is 0 Å². The molecule has 1 aliphatic heterocycles. The number of anilines is 1. The largest absolute Gasteiger partial charge is 0.392 e. The third-order valence-electron chi connectivity index (χ3n) is 4.64. The Morgan fingerprint density at radius 1 is 1.26 bits per heavy atom. The number of aliphatic hydroxyl groups excluding tert-OH is 1. The number of aromatic nitrogens is 1. The second-order valence-corrected chi connectivity index (χ2v) is 5.71. The van der Waals surface area contributed by atoms with E-state index in [0.29, 0.717) is 23.3 Å². The fourth-order valence-corrected chi connectivity index (χ4v) is 3.68. The summed E-state index contributed by atoms with van der Waals surface area (Å²) in [5.74, 6) is 0.806. The van der Waals surface area contributed by atoms with Crippen LogP contribution in [0.5, 0.6) is 0 Å². The van der Waals surface area contributed by atoms with Crippen molar-refractivity contribution in [1.82, 2.24) is 4.98 Å². The Morgan fingerprint density at radius 2 is 2.05 bits per heavy atom. The van der Waals surface area contributed by atoms with Crippen LogP contribution in [-0.4, -0.2) is 22.7 Å². The molecular weight excluding hydrogens is 243 g/mol. The number of piperidine rings is 1. The van der Waals surface area contributed by atoms with Crippen LogP contribution in [0, 0.1) is 11.7 Å². The van der Waals surface area contributed by atoms with Gasteiger partial charge in [0.05, 0.1) is 6.61 Å². The monoisotopic (exact) mass is 264 g/mol. The molecule has 0 amide bonds. The number of fused-ring (bicyclic) bond motifs is 1. The molecule has 2 heterocycles. The zero-order chi connectivity index (χ0) is 13.2. The van der Waals surface area contributed by atoms with Crippen molar-refractivity contribution in [3.05, 3.63) is 23.6 Å². The minimum atomic E-state index is -0.337. The van der Waals surface area contributed by atoms with E-state index >= 15 is 0 Å². The van der Waals surface area contributed by atoms with Gasteiger partial charge in [0.15, 0.2) is 11.6 Å². The first-order chi connectivity index (χ1) is 9.31. The molecule has 4 heteroatoms. The molecule has 0 radical (unpaired) electrons. The van der Waals surface area contributed by atoms with Crippen LogP contribution in [0.25, 0.3) is 0 Å². The minimum Gasteiger partial charge on any atom is -0.392 e. The quantitative estimate of drug-likeness (QED) is 0.892. The van der Waals surface area contributed by atoms with Crippen molar-refractivity contribution in [2.45, 2.75) is 51.2 Å². The summed E-state index contributed by atoms with van der Waals surface area (Å²) in [6.07, 6.45) is 8.95. The molecule has 1 saturated heterocycles. The summed E-state index contributed by atoms with van der Waals surface area (Å²) in [4.78, 5) is 6.40. The fourth-order valence-electron chi connectivity index (χ4n) is 3.68. The molecule has 1 aromatic rings. The fraction of sp³-hybridized carbons (Fsp3) is 0.667. The van der Waals surface area contributed by atoms with Crippen LogP contribution >= 0.6 is 0 Å². The Hall–Kier alpha value is -1.16. The molecule has 1 saturated carbocycles. The highest BCUT2D eigenvalue weighted by atomic mass is 19.1. The van der Waals surface area contributed by atoms with Gasteiger partial charge in [0.1, 0.15) is 0 Å². The number of pyridine rings is 1. The predicted octanol–water partition coefficient (Wildman–Crippen LogP) is 2.87. The van der Waals surface area contributed by atoms with Crippen molar-refractivity contribution in [1.29, 1.82) is 0 Å². The third-order valence-corrected chi connectivity index (χ3v) is 4.64. The van der Waals surface area contributed by atoms with Gasteiger partial charge in [-0.05, 0) is 37.7 Å². The van der Waals surface area contributed by atoms with E-state index in [2.05, 4.69) is 9.88 Å². The SMILES string of the molecule is OCc1ccnc(N2CCCC3CCCCC32)c1F. The normalized spacial score (nSPS) is 27.2. The van der Waals surface area contributed by atoms with Crippen LogP contribution in [-0.2, 0) is 6.61 Å². The molecule has 3 nitrogen and oxygen atoms in total. The topological polar surface area (TPSA) is 36.4 Å². The van der Waals surface area contributed by atoms with E-state index in [1.54, 1.807) is 12.3 Å². The van der Waals surface area contributed by atoms with Crippen molar-refractivity contribution >= 4 is 5.82 Å². The van der Waals surface area contributed by atoms with Gasteiger partial charge in [0, 0.05) is 24.3 Å². The molecular formula is C15H21FN2O. The summed E-state index contributed by atoms with van der Waals surface area (Å²) in [5, 5.41) is 9.19. The van der Waals surface area contributed by atoms with Crippen molar-refractivity contribution in [2.75, 3.05) is 11.4 Å². The maximum atomic E-state index is 14.4. The highest BCUT2D eigenvalue weighted by Gasteiger charge is 2.35. The second kappa shape index (κ2) is 5.45. The van der Waals surface area contributed by atoms with Gasteiger partial charge in [-0.3, -0.25) is 0 Å². The summed E-state index contributed by atoms with van der Waals surface area (Å²) in [6.45, 7) is 0.628. The standard InChI is InChI=1S/C15H21FN2O/c16-14-12(10-19)7-8-17-15(14)18-9-3-5-11-4-1-2-6-13(11)18/h7-8,11,13,19H,1-6,9-10H2. The van der Waals surface area contributed by atoms with Gasteiger partial charge < -0.3 is 10.0 Å². The summed E-state index contributed by atoms with van der Waals surface area (Å²) in [5.41, 5.74) is 0.350. The Kier molecular flexibility index (Phi) is 3.69. The number of nitrogens with zero attached hydrogens (tertiary/aromatic N) is 2. The van der Waals surface area contributed by atoms with Crippen molar-refractivity contribution in [3.8, 4) is 0 Å². The van der Waals surface area contributed by atoms with Crippen molar-refractivity contribution in [2.24, 2.45) is 5.92 Å². The molecule has 0 spiro atoms. The van der Waals surface area contributed by atoms with Crippen LogP contribution in [0.4, 0.5) is 10.2 Å². The zero-order valence-electron chi connectivity index (χ0n) is 11.2. The zero-order valence-corrected chi connectivity index (χ0v) is 11.2. The van der Waals surface area contributed by atoms with Crippen molar-refractivity contribution in [3.63, 3.8) is 0 Å². The summed E-state index contributed by atoms with van der Waals surface area (Å²) in [6, 6.07) is 2.00. The maximum absolute atomic E-state index is 14.4. The highest BCUT2D eigenvalue weighted by molar-refractivity contribution is 5.45. The molecule has 2 fully saturated rings. The maximum Gasteiger partial charge on any atom is 0.171 e. The first kappa shape index (κ1) is 12.9. The lowest BCUT2D eigenvalue weighted by Crippen LogP contribution is -2.47. The number of rotatable bonds is 2. The summed E-state index contributed by atoms with van der Waals surface area (Å²) < 4.78 is 14.4. The average molecular weight is 264 g/mol. The van der Waals surface area contributed by atoms with Crippen LogP contribution in [0.1, 0.15) is 44.1 Å². The van der Waals surface area contributed by atoms with E-state index < -0.39 is 0 Å². The number of halogens is 1. The molecule has 104 valence electrons. The average Bonchev–Trinajstić information content (AvgIpc) is 2.47. The Labute approximate surface area is 113 Å². The van der Waals surface area contributed by atoms with Gasteiger partial charge in [-0.15, -0.1) is 0 Å². The number of hydrogen-bond acceptors (Lipinski definition) is 3. The van der Waals surface area contributed by atoms with Crippen LogP contribution in [0.3, 0.4) is 0 Å². The molecule has 0 aromatic carbocycles. The van der Waals surface area contributed by atoms with E-state index in [0.717, 1.165) is 19.4 Å². The van der Waals surface area contributed by atoms with E-state index in [1.165, 1.54) is 25.7 Å². The van der Waals surface area contributed by atoms with Crippen LogP contribution in [0.2, 0.25) is 0 Å². The Morgan fingerprint density at radius 3 is 2.89 bits per heavy atom. The highest BCUT2D eigenvalue weighted by Crippen LogP contribution is 2.38. The lowest BCUT2D eigenvalue weighted by Gasteiger charge is -2.44. The van der Waals surface area contributed by atoms with Gasteiger partial charge in [-0.1, -0.05) is 12.8 Å². The van der Waals surface area contributed by atoms with Gasteiger partial charge in [-0.2, -0.15) is 0 Å². The molecule has 2 unspecified atom stereocenters. The van der Waals surface area contributed by atoms with E-state index in [-0.39, 0.29) is 12.4 Å². The molecule has 2 atom stereocenters. The first-order valence-corrected chi connectivity index (χ1v) is 7.32. The number of aliphatic hydroxyl groups is 1. The Bertz CT molecular complexity index is 450. The molecule has 1 N–H and O–H groups in total. The molecule has 0 bridgehead atoms. The van der Waals surface area contributed by atoms with Gasteiger partial charge in [-0.25, -0.2) is 9.37 Å². The van der Waals surface area contributed by atoms with Crippen LogP contribution < -0.4 is 4.90 Å². The smallest absolute Gasteiger partial charge is 0.171 e.